The predicted octanol–water partition coefficient (Wildman–Crippen LogP) is 4.52. The zero-order valence-corrected chi connectivity index (χ0v) is 20.5. The summed E-state index contributed by atoms with van der Waals surface area (Å²) in [6.45, 7) is 9.28. The van der Waals surface area contributed by atoms with Crippen LogP contribution in [-0.2, 0) is 13.1 Å². The van der Waals surface area contributed by atoms with E-state index in [1.165, 1.54) is 12.1 Å². The van der Waals surface area contributed by atoms with Crippen LogP contribution >= 0.6 is 24.0 Å². The van der Waals surface area contributed by atoms with Gasteiger partial charge in [-0.05, 0) is 56.2 Å². The van der Waals surface area contributed by atoms with Crippen LogP contribution in [0.25, 0.3) is 0 Å². The Balaban J connectivity index is 0.00000450. The quantitative estimate of drug-likeness (QED) is 0.313. The van der Waals surface area contributed by atoms with Crippen molar-refractivity contribution in [3.05, 3.63) is 71.0 Å². The number of hydrogen-bond acceptors (Lipinski definition) is 2. The van der Waals surface area contributed by atoms with Gasteiger partial charge in [0.25, 0.3) is 5.91 Å². The summed E-state index contributed by atoms with van der Waals surface area (Å²) in [6, 6.07) is 14.1. The molecule has 30 heavy (non-hydrogen) atoms. The highest BCUT2D eigenvalue weighted by molar-refractivity contribution is 14.0. The smallest absolute Gasteiger partial charge is 0.253 e. The number of halogens is 2. The summed E-state index contributed by atoms with van der Waals surface area (Å²) in [7, 11) is 1.96. The van der Waals surface area contributed by atoms with E-state index in [1.807, 2.05) is 57.0 Å². The van der Waals surface area contributed by atoms with Crippen molar-refractivity contribution in [1.29, 1.82) is 0 Å². The largest absolute Gasteiger partial charge is 0.357 e. The van der Waals surface area contributed by atoms with E-state index in [2.05, 4.69) is 5.32 Å². The normalized spacial score (nSPS) is 10.9. The molecule has 0 unspecified atom stereocenters. The molecular weight excluding hydrogens is 494 g/mol. The van der Waals surface area contributed by atoms with Crippen LogP contribution in [0.4, 0.5) is 4.39 Å². The first kappa shape index (κ1) is 25.9. The lowest BCUT2D eigenvalue weighted by molar-refractivity contribution is 0.0773. The Kier molecular flexibility index (Phi) is 11.4. The van der Waals surface area contributed by atoms with Gasteiger partial charge >= 0.3 is 0 Å². The highest BCUT2D eigenvalue weighted by atomic mass is 127. The summed E-state index contributed by atoms with van der Waals surface area (Å²) in [5.41, 5.74) is 2.74. The van der Waals surface area contributed by atoms with Crippen LogP contribution < -0.4 is 5.32 Å². The minimum atomic E-state index is -0.236. The van der Waals surface area contributed by atoms with E-state index in [0.717, 1.165) is 23.6 Å². The fourth-order valence-corrected chi connectivity index (χ4v) is 3.02. The second kappa shape index (κ2) is 13.2. The molecule has 2 aromatic carbocycles. The highest BCUT2D eigenvalue weighted by Gasteiger charge is 2.12. The number of rotatable bonds is 8. The number of guanidine groups is 1. The average Bonchev–Trinajstić information content (AvgIpc) is 2.74. The minimum absolute atomic E-state index is 0. The second-order valence-corrected chi connectivity index (χ2v) is 6.83. The van der Waals surface area contributed by atoms with E-state index in [1.54, 1.807) is 17.0 Å². The van der Waals surface area contributed by atoms with Crippen molar-refractivity contribution >= 4 is 35.8 Å². The van der Waals surface area contributed by atoms with Crippen molar-refractivity contribution < 1.29 is 9.18 Å². The number of nitrogens with one attached hydrogen (secondary N) is 1. The number of benzene rings is 2. The summed E-state index contributed by atoms with van der Waals surface area (Å²) in [5.74, 6) is 0.595. The third-order valence-electron chi connectivity index (χ3n) is 4.69. The van der Waals surface area contributed by atoms with Crippen LogP contribution in [-0.4, -0.2) is 48.3 Å². The lowest BCUT2D eigenvalue weighted by Gasteiger charge is -2.22. The van der Waals surface area contributed by atoms with Gasteiger partial charge in [-0.2, -0.15) is 0 Å². The SMILES string of the molecule is CCNC(=NCc1ccc(C(=O)N(CC)CC)cc1)N(C)Cc1ccc(F)cc1.I. The molecule has 0 saturated carbocycles. The summed E-state index contributed by atoms with van der Waals surface area (Å²) in [6.07, 6.45) is 0. The lowest BCUT2D eigenvalue weighted by atomic mass is 10.1. The van der Waals surface area contributed by atoms with Crippen molar-refractivity contribution in [3.63, 3.8) is 0 Å². The number of carbonyl (C=O) groups excluding carboxylic acids is 1. The van der Waals surface area contributed by atoms with Gasteiger partial charge < -0.3 is 15.1 Å². The number of carbonyl (C=O) groups is 1. The summed E-state index contributed by atoms with van der Waals surface area (Å²) in [5, 5.41) is 3.29. The third kappa shape index (κ3) is 7.59. The molecule has 0 radical (unpaired) electrons. The summed E-state index contributed by atoms with van der Waals surface area (Å²) < 4.78 is 13.1. The molecule has 5 nitrogen and oxygen atoms in total. The highest BCUT2D eigenvalue weighted by Crippen LogP contribution is 2.10. The van der Waals surface area contributed by atoms with Gasteiger partial charge in [-0.25, -0.2) is 9.38 Å². The molecule has 164 valence electrons. The molecule has 0 aliphatic heterocycles. The Morgan fingerprint density at radius 1 is 0.967 bits per heavy atom. The van der Waals surface area contributed by atoms with Crippen LogP contribution in [0.15, 0.2) is 53.5 Å². The Bertz CT molecular complexity index is 805. The molecule has 2 aromatic rings. The van der Waals surface area contributed by atoms with E-state index in [9.17, 15) is 9.18 Å². The molecule has 2 rings (SSSR count). The van der Waals surface area contributed by atoms with Crippen molar-refractivity contribution in [2.24, 2.45) is 4.99 Å². The number of hydrogen-bond donors (Lipinski definition) is 1. The van der Waals surface area contributed by atoms with Gasteiger partial charge in [0.1, 0.15) is 5.82 Å². The zero-order valence-electron chi connectivity index (χ0n) is 18.2. The topological polar surface area (TPSA) is 47.9 Å². The second-order valence-electron chi connectivity index (χ2n) is 6.83. The number of aliphatic imine (C=N–C) groups is 1. The minimum Gasteiger partial charge on any atom is -0.357 e. The fourth-order valence-electron chi connectivity index (χ4n) is 3.02. The van der Waals surface area contributed by atoms with Crippen LogP contribution in [0.5, 0.6) is 0 Å². The Labute approximate surface area is 196 Å². The monoisotopic (exact) mass is 526 g/mol. The van der Waals surface area contributed by atoms with E-state index in [4.69, 9.17) is 4.99 Å². The maximum absolute atomic E-state index is 13.1. The Morgan fingerprint density at radius 3 is 2.07 bits per heavy atom. The molecule has 0 aliphatic carbocycles. The maximum Gasteiger partial charge on any atom is 0.253 e. The third-order valence-corrected chi connectivity index (χ3v) is 4.69. The van der Waals surface area contributed by atoms with Crippen LogP contribution in [0, 0.1) is 5.82 Å². The molecule has 0 aliphatic rings. The van der Waals surface area contributed by atoms with Crippen molar-refractivity contribution in [2.75, 3.05) is 26.7 Å². The summed E-state index contributed by atoms with van der Waals surface area (Å²) >= 11 is 0. The number of amides is 1. The number of nitrogens with zero attached hydrogens (tertiary/aromatic N) is 3. The molecule has 0 atom stereocenters. The first-order valence-corrected chi connectivity index (χ1v) is 10.1. The summed E-state index contributed by atoms with van der Waals surface area (Å²) in [4.78, 5) is 20.9. The van der Waals surface area contributed by atoms with Gasteiger partial charge in [-0.15, -0.1) is 24.0 Å². The van der Waals surface area contributed by atoms with Gasteiger partial charge in [0.2, 0.25) is 0 Å². The Morgan fingerprint density at radius 2 is 1.53 bits per heavy atom. The average molecular weight is 526 g/mol. The molecule has 0 spiro atoms. The van der Waals surface area contributed by atoms with Gasteiger partial charge in [-0.3, -0.25) is 4.79 Å². The standard InChI is InChI=1S/C23H31FN4O.HI/c1-5-25-23(27(4)17-19-10-14-21(24)15-11-19)26-16-18-8-12-20(13-9-18)22(29)28(6-2)7-3;/h8-15H,5-7,16-17H2,1-4H3,(H,25,26);1H. The van der Waals surface area contributed by atoms with E-state index in [-0.39, 0.29) is 35.7 Å². The van der Waals surface area contributed by atoms with E-state index >= 15 is 0 Å². The van der Waals surface area contributed by atoms with Crippen molar-refractivity contribution in [1.82, 2.24) is 15.1 Å². The molecular formula is C23H32FIN4O. The molecule has 0 heterocycles. The van der Waals surface area contributed by atoms with Gasteiger partial charge in [0, 0.05) is 38.8 Å². The molecule has 1 N–H and O–H groups in total. The molecule has 0 bridgehead atoms. The molecule has 7 heteroatoms. The Hall–Kier alpha value is -2.16. The molecule has 0 saturated heterocycles. The van der Waals surface area contributed by atoms with Gasteiger partial charge in [-0.1, -0.05) is 24.3 Å². The zero-order chi connectivity index (χ0) is 21.2. The van der Waals surface area contributed by atoms with E-state index in [0.29, 0.717) is 31.7 Å². The van der Waals surface area contributed by atoms with Gasteiger partial charge in [0.05, 0.1) is 6.54 Å². The van der Waals surface area contributed by atoms with Crippen molar-refractivity contribution in [3.8, 4) is 0 Å². The first-order chi connectivity index (χ1) is 14.0. The first-order valence-electron chi connectivity index (χ1n) is 10.1. The predicted molar refractivity (Wildman–Crippen MR) is 132 cm³/mol. The van der Waals surface area contributed by atoms with Gasteiger partial charge in [0.15, 0.2) is 5.96 Å². The maximum atomic E-state index is 13.1. The van der Waals surface area contributed by atoms with E-state index < -0.39 is 0 Å². The molecule has 0 fully saturated rings. The van der Waals surface area contributed by atoms with Crippen LogP contribution in [0.3, 0.4) is 0 Å². The molecule has 1 amide bonds. The van der Waals surface area contributed by atoms with Crippen molar-refractivity contribution in [2.45, 2.75) is 33.9 Å². The fraction of sp³-hybridized carbons (Fsp3) is 0.391. The van der Waals surface area contributed by atoms with Crippen LogP contribution in [0.1, 0.15) is 42.3 Å². The van der Waals surface area contributed by atoms with Crippen LogP contribution in [0.2, 0.25) is 0 Å². The molecule has 0 aromatic heterocycles. The lowest BCUT2D eigenvalue weighted by Crippen LogP contribution is -2.38.